The molecular weight excluding hydrogens is 280 g/mol. The van der Waals surface area contributed by atoms with Crippen molar-refractivity contribution in [3.8, 4) is 5.88 Å². The number of aliphatic carboxylic acids is 1. The van der Waals surface area contributed by atoms with E-state index in [9.17, 15) is 9.90 Å². The first kappa shape index (κ1) is 14.3. The number of rotatable bonds is 5. The van der Waals surface area contributed by atoms with E-state index in [0.29, 0.717) is 12.8 Å². The summed E-state index contributed by atoms with van der Waals surface area (Å²) in [5, 5.41) is 20.0. The van der Waals surface area contributed by atoms with Gasteiger partial charge in [0.2, 0.25) is 0 Å². The zero-order valence-electron chi connectivity index (χ0n) is 12.3. The summed E-state index contributed by atoms with van der Waals surface area (Å²) in [6, 6.07) is 7.74. The number of para-hydroxylation sites is 1. The SMILES string of the molecule is Cc1c[nH]c(Cc2c(O)[nH]c3ccccc23)c1CCC(=O)O. The minimum Gasteiger partial charge on any atom is -0.494 e. The highest BCUT2D eigenvalue weighted by atomic mass is 16.4. The van der Waals surface area contributed by atoms with Gasteiger partial charge < -0.3 is 20.2 Å². The molecule has 3 aromatic rings. The second-order valence-electron chi connectivity index (χ2n) is 5.50. The molecule has 0 aliphatic rings. The van der Waals surface area contributed by atoms with E-state index >= 15 is 0 Å². The molecule has 0 saturated carbocycles. The summed E-state index contributed by atoms with van der Waals surface area (Å²) in [4.78, 5) is 17.0. The lowest BCUT2D eigenvalue weighted by molar-refractivity contribution is -0.136. The third kappa shape index (κ3) is 2.57. The monoisotopic (exact) mass is 298 g/mol. The first-order valence-electron chi connectivity index (χ1n) is 7.22. The molecular formula is C17H18N2O3. The molecule has 22 heavy (non-hydrogen) atoms. The van der Waals surface area contributed by atoms with Gasteiger partial charge in [-0.2, -0.15) is 0 Å². The van der Waals surface area contributed by atoms with Crippen LogP contribution in [-0.2, 0) is 17.6 Å². The molecule has 1 aromatic carbocycles. The Kier molecular flexibility index (Phi) is 3.63. The van der Waals surface area contributed by atoms with Crippen molar-refractivity contribution in [3.05, 3.63) is 52.8 Å². The van der Waals surface area contributed by atoms with E-state index in [4.69, 9.17) is 5.11 Å². The summed E-state index contributed by atoms with van der Waals surface area (Å²) >= 11 is 0. The Hall–Kier alpha value is -2.69. The normalized spacial score (nSPS) is 11.1. The van der Waals surface area contributed by atoms with Gasteiger partial charge in [0.15, 0.2) is 5.88 Å². The van der Waals surface area contributed by atoms with Gasteiger partial charge in [0.05, 0.1) is 0 Å². The van der Waals surface area contributed by atoms with Gasteiger partial charge in [-0.15, -0.1) is 0 Å². The van der Waals surface area contributed by atoms with Gasteiger partial charge >= 0.3 is 5.97 Å². The van der Waals surface area contributed by atoms with Crippen molar-refractivity contribution in [3.63, 3.8) is 0 Å². The van der Waals surface area contributed by atoms with Crippen LogP contribution in [0.25, 0.3) is 10.9 Å². The van der Waals surface area contributed by atoms with Crippen LogP contribution in [-0.4, -0.2) is 26.2 Å². The number of benzene rings is 1. The highest BCUT2D eigenvalue weighted by molar-refractivity contribution is 5.86. The number of hydrogen-bond acceptors (Lipinski definition) is 2. The van der Waals surface area contributed by atoms with Gasteiger partial charge in [0.1, 0.15) is 0 Å². The zero-order chi connectivity index (χ0) is 15.7. The van der Waals surface area contributed by atoms with Crippen molar-refractivity contribution in [2.24, 2.45) is 0 Å². The number of hydrogen-bond donors (Lipinski definition) is 4. The minimum atomic E-state index is -0.804. The molecule has 4 N–H and O–H groups in total. The molecule has 0 aliphatic heterocycles. The molecule has 0 amide bonds. The van der Waals surface area contributed by atoms with Gasteiger partial charge in [0.25, 0.3) is 0 Å². The highest BCUT2D eigenvalue weighted by Gasteiger charge is 2.15. The maximum absolute atomic E-state index is 10.8. The number of carbonyl (C=O) groups is 1. The summed E-state index contributed by atoms with van der Waals surface area (Å²) in [6.07, 6.45) is 3.02. The number of carboxylic acids is 1. The van der Waals surface area contributed by atoms with E-state index < -0.39 is 5.97 Å². The molecule has 0 atom stereocenters. The summed E-state index contributed by atoms with van der Waals surface area (Å²) in [6.45, 7) is 1.96. The fraction of sp³-hybridized carbons (Fsp3) is 0.235. The lowest BCUT2D eigenvalue weighted by Crippen LogP contribution is -2.01. The minimum absolute atomic E-state index is 0.103. The van der Waals surface area contributed by atoms with Gasteiger partial charge in [0, 0.05) is 41.2 Å². The summed E-state index contributed by atoms with van der Waals surface area (Å²) < 4.78 is 0. The standard InChI is InChI=1S/C17H18N2O3/c1-10-9-18-15(11(10)6-7-16(20)21)8-13-12-4-2-3-5-14(12)19-17(13)22/h2-5,9,18-19,22H,6-8H2,1H3,(H,20,21). The molecule has 114 valence electrons. The van der Waals surface area contributed by atoms with Gasteiger partial charge in [-0.05, 0) is 30.5 Å². The molecule has 3 rings (SSSR count). The first-order valence-corrected chi connectivity index (χ1v) is 7.22. The molecule has 0 aliphatic carbocycles. The van der Waals surface area contributed by atoms with Crippen molar-refractivity contribution in [2.75, 3.05) is 0 Å². The lowest BCUT2D eigenvalue weighted by atomic mass is 10.0. The molecule has 0 bridgehead atoms. The number of aromatic nitrogens is 2. The smallest absolute Gasteiger partial charge is 0.303 e. The van der Waals surface area contributed by atoms with Crippen LogP contribution in [0, 0.1) is 6.92 Å². The molecule has 5 nitrogen and oxygen atoms in total. The average Bonchev–Trinajstić information content (AvgIpc) is 2.98. The fourth-order valence-electron chi connectivity index (χ4n) is 2.89. The average molecular weight is 298 g/mol. The molecule has 0 radical (unpaired) electrons. The van der Waals surface area contributed by atoms with Crippen LogP contribution in [0.4, 0.5) is 0 Å². The topological polar surface area (TPSA) is 89.1 Å². The fourth-order valence-corrected chi connectivity index (χ4v) is 2.89. The Morgan fingerprint density at radius 1 is 1.23 bits per heavy atom. The van der Waals surface area contributed by atoms with Gasteiger partial charge in [-0.1, -0.05) is 18.2 Å². The Labute approximate surface area is 127 Å². The van der Waals surface area contributed by atoms with E-state index in [1.54, 1.807) is 0 Å². The van der Waals surface area contributed by atoms with Crippen LogP contribution < -0.4 is 0 Å². The van der Waals surface area contributed by atoms with Crippen molar-refractivity contribution in [1.82, 2.24) is 9.97 Å². The Bertz CT molecular complexity index is 830. The number of carboxylic acid groups (broad SMARTS) is 1. The predicted octanol–water partition coefficient (Wildman–Crippen LogP) is 3.12. The summed E-state index contributed by atoms with van der Waals surface area (Å²) in [5.41, 5.74) is 4.75. The van der Waals surface area contributed by atoms with Crippen molar-refractivity contribution in [1.29, 1.82) is 0 Å². The molecule has 0 saturated heterocycles. The van der Waals surface area contributed by atoms with E-state index in [0.717, 1.165) is 33.3 Å². The molecule has 2 heterocycles. The van der Waals surface area contributed by atoms with Gasteiger partial charge in [-0.3, -0.25) is 4.79 Å². The Balaban J connectivity index is 1.95. The highest BCUT2D eigenvalue weighted by Crippen LogP contribution is 2.30. The lowest BCUT2D eigenvalue weighted by Gasteiger charge is -2.05. The zero-order valence-corrected chi connectivity index (χ0v) is 12.3. The summed E-state index contributed by atoms with van der Waals surface area (Å²) in [7, 11) is 0. The molecule has 0 spiro atoms. The Morgan fingerprint density at radius 3 is 2.77 bits per heavy atom. The van der Waals surface area contributed by atoms with Crippen LogP contribution in [0.15, 0.2) is 30.5 Å². The van der Waals surface area contributed by atoms with Gasteiger partial charge in [-0.25, -0.2) is 0 Å². The largest absolute Gasteiger partial charge is 0.494 e. The second kappa shape index (κ2) is 5.60. The third-order valence-electron chi connectivity index (χ3n) is 4.04. The first-order chi connectivity index (χ1) is 10.6. The van der Waals surface area contributed by atoms with Crippen molar-refractivity contribution in [2.45, 2.75) is 26.2 Å². The van der Waals surface area contributed by atoms with E-state index in [2.05, 4.69) is 9.97 Å². The third-order valence-corrected chi connectivity index (χ3v) is 4.04. The number of aromatic hydroxyl groups is 1. The maximum atomic E-state index is 10.8. The van der Waals surface area contributed by atoms with Crippen LogP contribution in [0.3, 0.4) is 0 Å². The summed E-state index contributed by atoms with van der Waals surface area (Å²) in [5.74, 6) is -0.640. The van der Waals surface area contributed by atoms with E-state index in [-0.39, 0.29) is 12.3 Å². The quantitative estimate of drug-likeness (QED) is 0.583. The van der Waals surface area contributed by atoms with Crippen LogP contribution >= 0.6 is 0 Å². The molecule has 0 fully saturated rings. The van der Waals surface area contributed by atoms with Crippen molar-refractivity contribution < 1.29 is 15.0 Å². The maximum Gasteiger partial charge on any atom is 0.303 e. The second-order valence-corrected chi connectivity index (χ2v) is 5.50. The number of H-pyrrole nitrogens is 2. The molecule has 0 unspecified atom stereocenters. The number of fused-ring (bicyclic) bond motifs is 1. The van der Waals surface area contributed by atoms with Crippen molar-refractivity contribution >= 4 is 16.9 Å². The van der Waals surface area contributed by atoms with Crippen LogP contribution in [0.1, 0.15) is 28.8 Å². The van der Waals surface area contributed by atoms with Crippen LogP contribution in [0.5, 0.6) is 5.88 Å². The molecule has 5 heteroatoms. The Morgan fingerprint density at radius 2 is 2.00 bits per heavy atom. The number of nitrogens with one attached hydrogen (secondary N) is 2. The number of aryl methyl sites for hydroxylation is 1. The van der Waals surface area contributed by atoms with E-state index in [1.165, 1.54) is 0 Å². The predicted molar refractivity (Wildman–Crippen MR) is 84.3 cm³/mol. The van der Waals surface area contributed by atoms with Crippen LogP contribution in [0.2, 0.25) is 0 Å². The molecule has 2 aromatic heterocycles. The van der Waals surface area contributed by atoms with E-state index in [1.807, 2.05) is 37.4 Å². The number of aromatic amines is 2.